The van der Waals surface area contributed by atoms with E-state index in [2.05, 4.69) is 20.2 Å². The molecule has 136 valence electrons. The number of amides is 1. The van der Waals surface area contributed by atoms with Gasteiger partial charge in [0.15, 0.2) is 0 Å². The Morgan fingerprint density at radius 2 is 1.92 bits per heavy atom. The molecule has 1 aromatic rings. The molecule has 0 saturated carbocycles. The predicted molar refractivity (Wildman–Crippen MR) is 97.2 cm³/mol. The molecule has 2 saturated heterocycles. The number of hydrogen-bond acceptors (Lipinski definition) is 6. The first-order valence-corrected chi connectivity index (χ1v) is 7.95. The summed E-state index contributed by atoms with van der Waals surface area (Å²) >= 11 is 0. The molecule has 0 aromatic carbocycles. The van der Waals surface area contributed by atoms with Crippen molar-refractivity contribution in [1.29, 1.82) is 0 Å². The second kappa shape index (κ2) is 10.7. The second-order valence-corrected chi connectivity index (χ2v) is 5.68. The van der Waals surface area contributed by atoms with Gasteiger partial charge >= 0.3 is 0 Å². The van der Waals surface area contributed by atoms with E-state index in [0.717, 1.165) is 58.1 Å². The lowest BCUT2D eigenvalue weighted by atomic mass is 10.2. The van der Waals surface area contributed by atoms with Crippen molar-refractivity contribution in [1.82, 2.24) is 20.2 Å². The number of carbonyl (C=O) groups excluding carboxylic acids is 1. The van der Waals surface area contributed by atoms with Crippen LogP contribution in [0.25, 0.3) is 0 Å². The van der Waals surface area contributed by atoms with Crippen LogP contribution in [0.15, 0.2) is 18.5 Å². The van der Waals surface area contributed by atoms with E-state index in [4.69, 9.17) is 4.74 Å². The van der Waals surface area contributed by atoms with Crippen LogP contribution in [0.1, 0.15) is 12.8 Å². The van der Waals surface area contributed by atoms with Crippen molar-refractivity contribution in [2.45, 2.75) is 18.9 Å². The molecule has 0 radical (unpaired) electrons. The third-order valence-corrected chi connectivity index (χ3v) is 4.14. The molecule has 1 aromatic heterocycles. The van der Waals surface area contributed by atoms with Crippen LogP contribution in [0.3, 0.4) is 0 Å². The van der Waals surface area contributed by atoms with Crippen molar-refractivity contribution in [2.75, 3.05) is 50.8 Å². The fourth-order valence-corrected chi connectivity index (χ4v) is 2.87. The maximum atomic E-state index is 12.2. The highest BCUT2D eigenvalue weighted by Crippen LogP contribution is 2.11. The monoisotopic (exact) mass is 377 g/mol. The van der Waals surface area contributed by atoms with Crippen molar-refractivity contribution in [2.24, 2.45) is 0 Å². The fourth-order valence-electron chi connectivity index (χ4n) is 2.87. The lowest BCUT2D eigenvalue weighted by Crippen LogP contribution is -2.51. The van der Waals surface area contributed by atoms with Crippen LogP contribution in [0.2, 0.25) is 0 Å². The molecular weight excluding hydrogens is 353 g/mol. The SMILES string of the molecule is Cl.Cl.O=C(CNCC1CCCO1)N1CCN(c2ncccn2)CC1. The van der Waals surface area contributed by atoms with Gasteiger partial charge in [-0.15, -0.1) is 24.8 Å². The highest BCUT2D eigenvalue weighted by Gasteiger charge is 2.22. The number of nitrogens with one attached hydrogen (secondary N) is 1. The first kappa shape index (κ1) is 20.9. The van der Waals surface area contributed by atoms with Gasteiger partial charge in [0.25, 0.3) is 0 Å². The van der Waals surface area contributed by atoms with Gasteiger partial charge in [0.05, 0.1) is 12.6 Å². The Balaban J connectivity index is 0.00000144. The zero-order valence-electron chi connectivity index (χ0n) is 13.6. The number of rotatable bonds is 5. The number of nitrogens with zero attached hydrogens (tertiary/aromatic N) is 4. The zero-order valence-corrected chi connectivity index (χ0v) is 15.2. The average Bonchev–Trinajstić information content (AvgIpc) is 3.09. The summed E-state index contributed by atoms with van der Waals surface area (Å²) in [5, 5.41) is 3.21. The lowest BCUT2D eigenvalue weighted by Gasteiger charge is -2.34. The van der Waals surface area contributed by atoms with Gasteiger partial charge in [-0.25, -0.2) is 9.97 Å². The molecule has 0 bridgehead atoms. The number of aromatic nitrogens is 2. The molecule has 2 aliphatic rings. The molecule has 24 heavy (non-hydrogen) atoms. The number of halogens is 2. The van der Waals surface area contributed by atoms with Gasteiger partial charge in [-0.05, 0) is 18.9 Å². The molecule has 2 fully saturated rings. The van der Waals surface area contributed by atoms with Gasteiger partial charge in [-0.3, -0.25) is 4.79 Å². The minimum atomic E-state index is 0. The van der Waals surface area contributed by atoms with E-state index in [1.807, 2.05) is 11.0 Å². The highest BCUT2D eigenvalue weighted by molar-refractivity contribution is 5.85. The largest absolute Gasteiger partial charge is 0.377 e. The van der Waals surface area contributed by atoms with Crippen LogP contribution in [-0.2, 0) is 9.53 Å². The summed E-state index contributed by atoms with van der Waals surface area (Å²) in [6.45, 7) is 5.01. The van der Waals surface area contributed by atoms with E-state index in [0.29, 0.717) is 6.54 Å². The zero-order chi connectivity index (χ0) is 15.2. The lowest BCUT2D eigenvalue weighted by molar-refractivity contribution is -0.130. The Bertz CT molecular complexity index is 480. The van der Waals surface area contributed by atoms with Gasteiger partial charge < -0.3 is 19.9 Å². The van der Waals surface area contributed by atoms with Crippen LogP contribution in [0.5, 0.6) is 0 Å². The van der Waals surface area contributed by atoms with Crippen molar-refractivity contribution in [3.63, 3.8) is 0 Å². The van der Waals surface area contributed by atoms with Crippen molar-refractivity contribution in [3.8, 4) is 0 Å². The minimum absolute atomic E-state index is 0. The van der Waals surface area contributed by atoms with Gasteiger partial charge in [0, 0.05) is 51.7 Å². The Morgan fingerprint density at radius 1 is 1.21 bits per heavy atom. The van der Waals surface area contributed by atoms with Crippen LogP contribution in [0.4, 0.5) is 5.95 Å². The first-order valence-electron chi connectivity index (χ1n) is 7.95. The summed E-state index contributed by atoms with van der Waals surface area (Å²) in [7, 11) is 0. The molecule has 0 spiro atoms. The Labute approximate surface area is 155 Å². The van der Waals surface area contributed by atoms with E-state index in [1.54, 1.807) is 12.4 Å². The molecule has 1 amide bonds. The molecular formula is C15H25Cl2N5O2. The molecule has 1 N–H and O–H groups in total. The third kappa shape index (κ3) is 5.73. The Hall–Kier alpha value is -1.15. The second-order valence-electron chi connectivity index (χ2n) is 5.68. The van der Waals surface area contributed by atoms with Crippen LogP contribution >= 0.6 is 24.8 Å². The number of anilines is 1. The molecule has 1 atom stereocenters. The van der Waals surface area contributed by atoms with Crippen LogP contribution < -0.4 is 10.2 Å². The van der Waals surface area contributed by atoms with Gasteiger partial charge in [0.2, 0.25) is 11.9 Å². The minimum Gasteiger partial charge on any atom is -0.377 e. The normalized spacial score (nSPS) is 20.2. The van der Waals surface area contributed by atoms with Gasteiger partial charge in [-0.2, -0.15) is 0 Å². The quantitative estimate of drug-likeness (QED) is 0.815. The summed E-state index contributed by atoms with van der Waals surface area (Å²) in [5.74, 6) is 0.901. The fraction of sp³-hybridized carbons (Fsp3) is 0.667. The molecule has 3 heterocycles. The third-order valence-electron chi connectivity index (χ3n) is 4.14. The maximum absolute atomic E-state index is 12.2. The van der Waals surface area contributed by atoms with Crippen molar-refractivity contribution >= 4 is 36.7 Å². The molecule has 3 rings (SSSR count). The average molecular weight is 378 g/mol. The Morgan fingerprint density at radius 3 is 2.54 bits per heavy atom. The summed E-state index contributed by atoms with van der Waals surface area (Å²) in [6.07, 6.45) is 5.99. The van der Waals surface area contributed by atoms with E-state index in [1.165, 1.54) is 0 Å². The standard InChI is InChI=1S/C15H23N5O2.2ClH/c21-14(12-16-11-13-3-1-10-22-13)19-6-8-20(9-7-19)15-17-4-2-5-18-15;;/h2,4-5,13,16H,1,3,6-12H2;2*1H. The topological polar surface area (TPSA) is 70.6 Å². The predicted octanol–water partition coefficient (Wildman–Crippen LogP) is 0.737. The van der Waals surface area contributed by atoms with E-state index in [9.17, 15) is 4.79 Å². The van der Waals surface area contributed by atoms with E-state index >= 15 is 0 Å². The van der Waals surface area contributed by atoms with Crippen molar-refractivity contribution < 1.29 is 9.53 Å². The van der Waals surface area contributed by atoms with E-state index in [-0.39, 0.29) is 36.8 Å². The number of hydrogen-bond donors (Lipinski definition) is 1. The summed E-state index contributed by atoms with van der Waals surface area (Å²) < 4.78 is 5.54. The smallest absolute Gasteiger partial charge is 0.236 e. The van der Waals surface area contributed by atoms with Gasteiger partial charge in [-0.1, -0.05) is 0 Å². The summed E-state index contributed by atoms with van der Waals surface area (Å²) in [4.78, 5) is 24.7. The number of ether oxygens (including phenoxy) is 1. The molecule has 2 aliphatic heterocycles. The van der Waals surface area contributed by atoms with Crippen LogP contribution in [-0.4, -0.2) is 72.8 Å². The van der Waals surface area contributed by atoms with Gasteiger partial charge in [0.1, 0.15) is 0 Å². The first-order chi connectivity index (χ1) is 10.8. The summed E-state index contributed by atoms with van der Waals surface area (Å²) in [6, 6.07) is 1.81. The van der Waals surface area contributed by atoms with E-state index < -0.39 is 0 Å². The molecule has 9 heteroatoms. The highest BCUT2D eigenvalue weighted by atomic mass is 35.5. The number of carbonyl (C=O) groups is 1. The number of piperazine rings is 1. The molecule has 0 aliphatic carbocycles. The van der Waals surface area contributed by atoms with Crippen molar-refractivity contribution in [3.05, 3.63) is 18.5 Å². The summed E-state index contributed by atoms with van der Waals surface area (Å²) in [5.41, 5.74) is 0. The molecule has 7 nitrogen and oxygen atoms in total. The van der Waals surface area contributed by atoms with Crippen LogP contribution in [0, 0.1) is 0 Å². The Kier molecular flexibility index (Phi) is 9.28. The maximum Gasteiger partial charge on any atom is 0.236 e. The molecule has 1 unspecified atom stereocenters.